The summed E-state index contributed by atoms with van der Waals surface area (Å²) in [7, 11) is 0. The minimum atomic E-state index is -0.667. The number of hydrogen-bond donors (Lipinski definition) is 2. The van der Waals surface area contributed by atoms with Crippen LogP contribution in [0.15, 0.2) is 16.7 Å². The molecule has 1 heterocycles. The summed E-state index contributed by atoms with van der Waals surface area (Å²) in [5, 5.41) is 2.79. The van der Waals surface area contributed by atoms with Crippen LogP contribution in [0, 0.1) is 0 Å². The lowest BCUT2D eigenvalue weighted by Gasteiger charge is -2.20. The van der Waals surface area contributed by atoms with Crippen molar-refractivity contribution in [1.29, 1.82) is 0 Å². The van der Waals surface area contributed by atoms with Gasteiger partial charge < -0.3 is 15.8 Å². The fourth-order valence-electron chi connectivity index (χ4n) is 1.32. The number of carbonyl (C=O) groups is 2. The molecule has 0 aliphatic heterocycles. The van der Waals surface area contributed by atoms with Crippen molar-refractivity contribution < 1.29 is 14.3 Å². The summed E-state index contributed by atoms with van der Waals surface area (Å²) in [5.74, 6) is -1.10. The summed E-state index contributed by atoms with van der Waals surface area (Å²) in [4.78, 5) is 26.7. The number of pyridine rings is 1. The first kappa shape index (κ1) is 15.4. The molecule has 0 spiro atoms. The molecule has 1 rings (SSSR count). The van der Waals surface area contributed by atoms with Crippen molar-refractivity contribution in [3.8, 4) is 0 Å². The van der Waals surface area contributed by atoms with Crippen molar-refractivity contribution in [3.63, 3.8) is 0 Å². The van der Waals surface area contributed by atoms with Gasteiger partial charge in [-0.15, -0.1) is 0 Å². The number of anilines is 1. The van der Waals surface area contributed by atoms with Gasteiger partial charge in [0, 0.05) is 10.7 Å². The van der Waals surface area contributed by atoms with Crippen LogP contribution in [0.4, 0.5) is 5.69 Å². The molecule has 19 heavy (non-hydrogen) atoms. The second-order valence-electron chi connectivity index (χ2n) is 4.85. The highest BCUT2D eigenvalue weighted by atomic mass is 79.9. The van der Waals surface area contributed by atoms with Gasteiger partial charge in [0.2, 0.25) is 0 Å². The number of primary amides is 1. The Bertz CT molecular complexity index is 497. The maximum Gasteiger partial charge on any atom is 0.325 e. The van der Waals surface area contributed by atoms with E-state index in [-0.39, 0.29) is 12.2 Å². The van der Waals surface area contributed by atoms with E-state index in [1.807, 2.05) is 0 Å². The lowest BCUT2D eigenvalue weighted by Crippen LogP contribution is -2.28. The van der Waals surface area contributed by atoms with Crippen LogP contribution in [0.3, 0.4) is 0 Å². The minimum Gasteiger partial charge on any atom is -0.459 e. The molecule has 0 saturated carbocycles. The van der Waals surface area contributed by atoms with E-state index >= 15 is 0 Å². The predicted octanol–water partition coefficient (Wildman–Crippen LogP) is 1.70. The lowest BCUT2D eigenvalue weighted by molar-refractivity contribution is -0.152. The Morgan fingerprint density at radius 3 is 2.63 bits per heavy atom. The van der Waals surface area contributed by atoms with Crippen LogP contribution in [-0.2, 0) is 9.53 Å². The summed E-state index contributed by atoms with van der Waals surface area (Å²) in [6.45, 7) is 5.26. The van der Waals surface area contributed by atoms with E-state index in [1.54, 1.807) is 26.8 Å². The van der Waals surface area contributed by atoms with Crippen LogP contribution < -0.4 is 11.1 Å². The molecule has 0 atom stereocenters. The van der Waals surface area contributed by atoms with Crippen LogP contribution >= 0.6 is 15.9 Å². The number of ether oxygens (including phenoxy) is 1. The van der Waals surface area contributed by atoms with Gasteiger partial charge in [-0.2, -0.15) is 0 Å². The number of nitrogens with one attached hydrogen (secondary N) is 1. The van der Waals surface area contributed by atoms with Gasteiger partial charge in [0.1, 0.15) is 12.1 Å². The first-order chi connectivity index (χ1) is 8.69. The SMILES string of the molecule is CC(C)(C)OC(=O)CNc1cc(Br)cnc1C(N)=O. The quantitative estimate of drug-likeness (QED) is 0.820. The first-order valence-electron chi connectivity index (χ1n) is 5.60. The zero-order valence-electron chi connectivity index (χ0n) is 11.0. The number of amides is 1. The van der Waals surface area contributed by atoms with Gasteiger partial charge in [-0.05, 0) is 42.8 Å². The highest BCUT2D eigenvalue weighted by Gasteiger charge is 2.17. The monoisotopic (exact) mass is 329 g/mol. The fraction of sp³-hybridized carbons (Fsp3) is 0.417. The van der Waals surface area contributed by atoms with E-state index in [0.717, 1.165) is 0 Å². The van der Waals surface area contributed by atoms with E-state index in [2.05, 4.69) is 26.2 Å². The molecule has 0 saturated heterocycles. The second kappa shape index (κ2) is 6.01. The zero-order chi connectivity index (χ0) is 14.6. The van der Waals surface area contributed by atoms with Crippen molar-refractivity contribution in [2.24, 2.45) is 5.73 Å². The molecular formula is C12H16BrN3O3. The minimum absolute atomic E-state index is 0.0737. The van der Waals surface area contributed by atoms with E-state index in [0.29, 0.717) is 10.2 Å². The number of nitrogens with zero attached hydrogens (tertiary/aromatic N) is 1. The Balaban J connectivity index is 2.75. The van der Waals surface area contributed by atoms with Gasteiger partial charge in [-0.3, -0.25) is 9.59 Å². The molecule has 1 aromatic rings. The van der Waals surface area contributed by atoms with E-state index in [9.17, 15) is 9.59 Å². The average Bonchev–Trinajstić information content (AvgIpc) is 2.23. The molecule has 0 aromatic carbocycles. The highest BCUT2D eigenvalue weighted by molar-refractivity contribution is 9.10. The van der Waals surface area contributed by atoms with Crippen molar-refractivity contribution in [2.45, 2.75) is 26.4 Å². The number of esters is 1. The lowest BCUT2D eigenvalue weighted by atomic mass is 10.2. The number of rotatable bonds is 4. The zero-order valence-corrected chi connectivity index (χ0v) is 12.6. The Morgan fingerprint density at radius 2 is 2.11 bits per heavy atom. The number of carbonyl (C=O) groups excluding carboxylic acids is 2. The number of hydrogen-bond acceptors (Lipinski definition) is 5. The van der Waals surface area contributed by atoms with Crippen LogP contribution in [0.5, 0.6) is 0 Å². The standard InChI is InChI=1S/C12H16BrN3O3/c1-12(2,3)19-9(17)6-15-8-4-7(13)5-16-10(8)11(14)18/h4-5,15H,6H2,1-3H3,(H2,14,18). The average molecular weight is 330 g/mol. The van der Waals surface area contributed by atoms with Crippen molar-refractivity contribution in [3.05, 3.63) is 22.4 Å². The van der Waals surface area contributed by atoms with Crippen LogP contribution in [-0.4, -0.2) is 29.0 Å². The molecule has 1 aromatic heterocycles. The van der Waals surface area contributed by atoms with E-state index in [4.69, 9.17) is 10.5 Å². The molecule has 0 bridgehead atoms. The summed E-state index contributed by atoms with van der Waals surface area (Å²) < 4.78 is 5.81. The van der Waals surface area contributed by atoms with Gasteiger partial charge in [0.05, 0.1) is 5.69 Å². The third-order valence-electron chi connectivity index (χ3n) is 1.93. The summed E-state index contributed by atoms with van der Waals surface area (Å²) in [6.07, 6.45) is 1.46. The van der Waals surface area contributed by atoms with E-state index in [1.165, 1.54) is 6.20 Å². The highest BCUT2D eigenvalue weighted by Crippen LogP contribution is 2.18. The smallest absolute Gasteiger partial charge is 0.325 e. The maximum atomic E-state index is 11.6. The fourth-order valence-corrected chi connectivity index (χ4v) is 1.65. The third kappa shape index (κ3) is 5.25. The van der Waals surface area contributed by atoms with Crippen LogP contribution in [0.25, 0.3) is 0 Å². The van der Waals surface area contributed by atoms with Crippen molar-refractivity contribution >= 4 is 33.5 Å². The van der Waals surface area contributed by atoms with Gasteiger partial charge in [-0.1, -0.05) is 0 Å². The Kier molecular flexibility index (Phi) is 4.88. The van der Waals surface area contributed by atoms with Gasteiger partial charge in [0.15, 0.2) is 5.69 Å². The molecule has 0 aliphatic carbocycles. The summed E-state index contributed by atoms with van der Waals surface area (Å²) >= 11 is 3.23. The summed E-state index contributed by atoms with van der Waals surface area (Å²) in [6, 6.07) is 1.62. The molecule has 104 valence electrons. The molecule has 0 radical (unpaired) electrons. The Labute approximate surface area is 119 Å². The number of aromatic nitrogens is 1. The van der Waals surface area contributed by atoms with Crippen LogP contribution in [0.2, 0.25) is 0 Å². The molecule has 0 fully saturated rings. The molecule has 3 N–H and O–H groups in total. The molecule has 0 aliphatic rings. The van der Waals surface area contributed by atoms with E-state index < -0.39 is 17.5 Å². The van der Waals surface area contributed by atoms with Crippen LogP contribution in [0.1, 0.15) is 31.3 Å². The first-order valence-corrected chi connectivity index (χ1v) is 6.39. The number of nitrogens with two attached hydrogens (primary N) is 1. The molecule has 6 nitrogen and oxygen atoms in total. The van der Waals surface area contributed by atoms with Gasteiger partial charge >= 0.3 is 5.97 Å². The summed E-state index contributed by atoms with van der Waals surface area (Å²) in [5.41, 5.74) is 5.10. The van der Waals surface area contributed by atoms with Crippen molar-refractivity contribution in [1.82, 2.24) is 4.98 Å². The second-order valence-corrected chi connectivity index (χ2v) is 5.77. The largest absolute Gasteiger partial charge is 0.459 e. The molecular weight excluding hydrogens is 314 g/mol. The predicted molar refractivity (Wildman–Crippen MR) is 74.8 cm³/mol. The molecule has 1 amide bonds. The maximum absolute atomic E-state index is 11.6. The molecule has 0 unspecified atom stereocenters. The normalized spacial score (nSPS) is 10.9. The van der Waals surface area contributed by atoms with Crippen molar-refractivity contribution in [2.75, 3.05) is 11.9 Å². The third-order valence-corrected chi connectivity index (χ3v) is 2.36. The topological polar surface area (TPSA) is 94.3 Å². The molecule has 7 heteroatoms. The Hall–Kier alpha value is -1.63. The number of halogens is 1. The van der Waals surface area contributed by atoms with Gasteiger partial charge in [-0.25, -0.2) is 4.98 Å². The van der Waals surface area contributed by atoms with Gasteiger partial charge in [0.25, 0.3) is 5.91 Å². The Morgan fingerprint density at radius 1 is 1.47 bits per heavy atom.